The van der Waals surface area contributed by atoms with Gasteiger partial charge in [-0.05, 0) is 24.5 Å². The monoisotopic (exact) mass is 299 g/mol. The largest absolute Gasteiger partial charge is 0.337 e. The highest BCUT2D eigenvalue weighted by Gasteiger charge is 2.36. The fourth-order valence-corrected chi connectivity index (χ4v) is 2.39. The molecule has 0 saturated heterocycles. The molecule has 1 aliphatic rings. The first kappa shape index (κ1) is 14.4. The first-order valence-corrected chi connectivity index (χ1v) is 7.33. The minimum atomic E-state index is -0.317. The molecule has 0 atom stereocenters. The van der Waals surface area contributed by atoms with E-state index in [1.54, 1.807) is 24.3 Å². The normalized spacial score (nSPS) is 14.0. The van der Waals surface area contributed by atoms with Crippen LogP contribution in [0.1, 0.15) is 52.7 Å². The molecular formula is C16H17N3O3. The molecule has 0 unspecified atom stereocenters. The van der Waals surface area contributed by atoms with Gasteiger partial charge in [-0.2, -0.15) is 4.98 Å². The predicted molar refractivity (Wildman–Crippen MR) is 78.1 cm³/mol. The predicted octanol–water partition coefficient (Wildman–Crippen LogP) is 2.45. The molecule has 3 rings (SSSR count). The van der Waals surface area contributed by atoms with Crippen LogP contribution in [0.5, 0.6) is 0 Å². The van der Waals surface area contributed by atoms with Crippen molar-refractivity contribution >= 4 is 11.8 Å². The van der Waals surface area contributed by atoms with Crippen LogP contribution in [-0.4, -0.2) is 26.9 Å². The zero-order valence-electron chi connectivity index (χ0n) is 12.6. The smallest absolute Gasteiger partial charge is 0.262 e. The van der Waals surface area contributed by atoms with Gasteiger partial charge in [0.25, 0.3) is 11.8 Å². The molecule has 0 spiro atoms. The summed E-state index contributed by atoms with van der Waals surface area (Å²) in [4.78, 5) is 29.9. The summed E-state index contributed by atoms with van der Waals surface area (Å²) in [6.07, 6.45) is 1.69. The van der Waals surface area contributed by atoms with Gasteiger partial charge in [0, 0.05) is 6.42 Å². The van der Waals surface area contributed by atoms with Gasteiger partial charge >= 0.3 is 0 Å². The minimum Gasteiger partial charge on any atom is -0.337 e. The number of carbonyl (C=O) groups is 2. The first-order chi connectivity index (χ1) is 10.6. The van der Waals surface area contributed by atoms with Gasteiger partial charge < -0.3 is 4.52 Å². The maximum Gasteiger partial charge on any atom is 0.262 e. The summed E-state index contributed by atoms with van der Waals surface area (Å²) in [7, 11) is 0. The number of imide groups is 1. The van der Waals surface area contributed by atoms with E-state index in [9.17, 15) is 9.59 Å². The molecule has 1 aromatic heterocycles. The summed E-state index contributed by atoms with van der Waals surface area (Å²) in [6.45, 7) is 4.26. The molecule has 114 valence electrons. The summed E-state index contributed by atoms with van der Waals surface area (Å²) in [5.74, 6) is 0.816. The van der Waals surface area contributed by atoms with Crippen LogP contribution in [0.25, 0.3) is 0 Å². The highest BCUT2D eigenvalue weighted by molar-refractivity contribution is 6.21. The van der Waals surface area contributed by atoms with Gasteiger partial charge in [0.2, 0.25) is 5.89 Å². The van der Waals surface area contributed by atoms with Crippen molar-refractivity contribution in [3.63, 3.8) is 0 Å². The van der Waals surface area contributed by atoms with Gasteiger partial charge in [-0.15, -0.1) is 0 Å². The number of fused-ring (bicyclic) bond motifs is 1. The zero-order valence-corrected chi connectivity index (χ0v) is 12.6. The molecule has 0 N–H and O–H groups in total. The van der Waals surface area contributed by atoms with Crippen LogP contribution < -0.4 is 0 Å². The van der Waals surface area contributed by atoms with Gasteiger partial charge in [0.1, 0.15) is 6.54 Å². The molecule has 22 heavy (non-hydrogen) atoms. The minimum absolute atomic E-state index is 0.0149. The maximum atomic E-state index is 12.2. The Balaban J connectivity index is 1.72. The number of rotatable bonds is 5. The summed E-state index contributed by atoms with van der Waals surface area (Å²) in [5, 5.41) is 3.89. The lowest BCUT2D eigenvalue weighted by Crippen LogP contribution is -2.29. The van der Waals surface area contributed by atoms with Gasteiger partial charge in [-0.3, -0.25) is 14.5 Å². The lowest BCUT2D eigenvalue weighted by atomic mass is 10.1. The van der Waals surface area contributed by atoms with Crippen LogP contribution in [0, 0.1) is 5.92 Å². The van der Waals surface area contributed by atoms with Crippen LogP contribution >= 0.6 is 0 Å². The number of aryl methyl sites for hydroxylation is 1. The number of carbonyl (C=O) groups excluding carboxylic acids is 2. The number of hydrogen-bond donors (Lipinski definition) is 0. The fourth-order valence-electron chi connectivity index (χ4n) is 2.39. The summed E-state index contributed by atoms with van der Waals surface area (Å²) in [5.41, 5.74) is 0.846. The second kappa shape index (κ2) is 5.71. The van der Waals surface area contributed by atoms with E-state index in [2.05, 4.69) is 24.0 Å². The van der Waals surface area contributed by atoms with Crippen molar-refractivity contribution in [1.29, 1.82) is 0 Å². The highest BCUT2D eigenvalue weighted by Crippen LogP contribution is 2.23. The van der Waals surface area contributed by atoms with Gasteiger partial charge in [-0.1, -0.05) is 31.1 Å². The van der Waals surface area contributed by atoms with Gasteiger partial charge in [-0.25, -0.2) is 0 Å². The van der Waals surface area contributed by atoms with E-state index in [-0.39, 0.29) is 24.2 Å². The Morgan fingerprint density at radius 3 is 2.36 bits per heavy atom. The molecule has 0 radical (unpaired) electrons. The van der Waals surface area contributed by atoms with Crippen LogP contribution in [0.3, 0.4) is 0 Å². The third-order valence-corrected chi connectivity index (χ3v) is 3.63. The van der Waals surface area contributed by atoms with E-state index < -0.39 is 0 Å². The van der Waals surface area contributed by atoms with E-state index in [4.69, 9.17) is 4.52 Å². The van der Waals surface area contributed by atoms with E-state index in [1.165, 1.54) is 0 Å². The number of aromatic nitrogens is 2. The fraction of sp³-hybridized carbons (Fsp3) is 0.375. The average molecular weight is 299 g/mol. The number of nitrogens with zero attached hydrogens (tertiary/aromatic N) is 3. The average Bonchev–Trinajstić information content (AvgIpc) is 3.05. The number of hydrogen-bond acceptors (Lipinski definition) is 5. The second-order valence-electron chi connectivity index (χ2n) is 5.78. The first-order valence-electron chi connectivity index (χ1n) is 7.33. The molecule has 0 aliphatic carbocycles. The van der Waals surface area contributed by atoms with Crippen LogP contribution in [-0.2, 0) is 13.0 Å². The van der Waals surface area contributed by atoms with Crippen molar-refractivity contribution in [2.24, 2.45) is 5.92 Å². The maximum absolute atomic E-state index is 12.2. The molecule has 0 saturated carbocycles. The lowest BCUT2D eigenvalue weighted by Gasteiger charge is -2.09. The Labute approximate surface area is 128 Å². The summed E-state index contributed by atoms with van der Waals surface area (Å²) >= 11 is 0. The molecule has 6 nitrogen and oxygen atoms in total. The topological polar surface area (TPSA) is 76.3 Å². The van der Waals surface area contributed by atoms with Gasteiger partial charge in [0.15, 0.2) is 5.82 Å². The van der Waals surface area contributed by atoms with Crippen molar-refractivity contribution in [3.05, 3.63) is 47.1 Å². The lowest BCUT2D eigenvalue weighted by molar-refractivity contribution is 0.0625. The van der Waals surface area contributed by atoms with E-state index in [1.807, 2.05) is 0 Å². The molecule has 6 heteroatoms. The number of amides is 2. The van der Waals surface area contributed by atoms with Crippen molar-refractivity contribution in [3.8, 4) is 0 Å². The quantitative estimate of drug-likeness (QED) is 0.793. The van der Waals surface area contributed by atoms with Crippen molar-refractivity contribution in [2.75, 3.05) is 0 Å². The summed E-state index contributed by atoms with van der Waals surface area (Å²) < 4.78 is 5.15. The van der Waals surface area contributed by atoms with Crippen molar-refractivity contribution in [1.82, 2.24) is 15.0 Å². The molecule has 0 bridgehead atoms. The van der Waals surface area contributed by atoms with Crippen LogP contribution in [0.2, 0.25) is 0 Å². The molecule has 2 aromatic rings. The third-order valence-electron chi connectivity index (χ3n) is 3.63. The van der Waals surface area contributed by atoms with E-state index in [0.717, 1.165) is 17.7 Å². The SMILES string of the molecule is CC(C)CCc1noc(CN2C(=O)c3ccccc3C2=O)n1. The Kier molecular flexibility index (Phi) is 3.75. The zero-order chi connectivity index (χ0) is 15.7. The Morgan fingerprint density at radius 1 is 1.14 bits per heavy atom. The Hall–Kier alpha value is -2.50. The molecule has 2 heterocycles. The van der Waals surface area contributed by atoms with Crippen molar-refractivity contribution in [2.45, 2.75) is 33.2 Å². The van der Waals surface area contributed by atoms with E-state index in [0.29, 0.717) is 22.9 Å². The second-order valence-corrected chi connectivity index (χ2v) is 5.78. The highest BCUT2D eigenvalue weighted by atomic mass is 16.5. The molecule has 2 amide bonds. The summed E-state index contributed by atoms with van der Waals surface area (Å²) in [6, 6.07) is 6.78. The molecule has 1 aromatic carbocycles. The van der Waals surface area contributed by atoms with Crippen molar-refractivity contribution < 1.29 is 14.1 Å². The van der Waals surface area contributed by atoms with Crippen LogP contribution in [0.15, 0.2) is 28.8 Å². The standard InChI is InChI=1S/C16H17N3O3/c1-10(2)7-8-13-17-14(22-18-13)9-19-15(20)11-5-3-4-6-12(11)16(19)21/h3-6,10H,7-9H2,1-2H3. The van der Waals surface area contributed by atoms with Crippen LogP contribution in [0.4, 0.5) is 0 Å². The Bertz CT molecular complexity index is 686. The third kappa shape index (κ3) is 2.64. The van der Waals surface area contributed by atoms with Gasteiger partial charge in [0.05, 0.1) is 11.1 Å². The molecule has 1 aliphatic heterocycles. The number of benzene rings is 1. The molecule has 0 fully saturated rings. The Morgan fingerprint density at radius 2 is 1.77 bits per heavy atom. The van der Waals surface area contributed by atoms with E-state index >= 15 is 0 Å². The molecular weight excluding hydrogens is 282 g/mol.